The fourth-order valence-corrected chi connectivity index (χ4v) is 4.06. The van der Waals surface area contributed by atoms with E-state index in [-0.39, 0.29) is 0 Å². The normalized spacial score (nSPS) is 35.9. The van der Waals surface area contributed by atoms with Crippen LogP contribution in [0.5, 0.6) is 0 Å². The SMILES string of the molecule is CCNC1(C(=O)O)CCC(N2CCCC(CC)CC2)C1. The maximum absolute atomic E-state index is 11.6. The number of hydrogen-bond acceptors (Lipinski definition) is 3. The van der Waals surface area contributed by atoms with Crippen molar-refractivity contribution in [2.75, 3.05) is 19.6 Å². The lowest BCUT2D eigenvalue weighted by molar-refractivity contribution is -0.144. The summed E-state index contributed by atoms with van der Waals surface area (Å²) in [5.74, 6) is 0.211. The molecule has 116 valence electrons. The van der Waals surface area contributed by atoms with Gasteiger partial charge in [0.1, 0.15) is 5.54 Å². The molecule has 20 heavy (non-hydrogen) atoms. The van der Waals surface area contributed by atoms with Crippen LogP contribution in [0.2, 0.25) is 0 Å². The summed E-state index contributed by atoms with van der Waals surface area (Å²) in [4.78, 5) is 14.2. The van der Waals surface area contributed by atoms with Gasteiger partial charge in [0.2, 0.25) is 0 Å². The molecule has 4 heteroatoms. The number of rotatable bonds is 5. The first-order valence-electron chi connectivity index (χ1n) is 8.33. The maximum atomic E-state index is 11.6. The van der Waals surface area contributed by atoms with Gasteiger partial charge in [-0.05, 0) is 64.1 Å². The van der Waals surface area contributed by atoms with Crippen molar-refractivity contribution in [2.24, 2.45) is 5.92 Å². The average Bonchev–Trinajstić information content (AvgIpc) is 2.72. The predicted molar refractivity (Wildman–Crippen MR) is 80.9 cm³/mol. The molecule has 0 aromatic carbocycles. The van der Waals surface area contributed by atoms with Crippen LogP contribution >= 0.6 is 0 Å². The Bertz CT molecular complexity index is 334. The van der Waals surface area contributed by atoms with Crippen molar-refractivity contribution in [2.45, 2.75) is 70.4 Å². The first-order valence-corrected chi connectivity index (χ1v) is 8.33. The van der Waals surface area contributed by atoms with Crippen molar-refractivity contribution in [3.8, 4) is 0 Å². The van der Waals surface area contributed by atoms with E-state index in [1.165, 1.54) is 25.7 Å². The topological polar surface area (TPSA) is 52.6 Å². The Morgan fingerprint density at radius 1 is 1.30 bits per heavy atom. The van der Waals surface area contributed by atoms with Gasteiger partial charge in [-0.1, -0.05) is 20.3 Å². The Kier molecular flexibility index (Phi) is 5.44. The van der Waals surface area contributed by atoms with E-state index in [0.29, 0.717) is 6.04 Å². The number of likely N-dealkylation sites (N-methyl/N-ethyl adjacent to an activating group) is 1. The van der Waals surface area contributed by atoms with Gasteiger partial charge in [0.25, 0.3) is 0 Å². The molecule has 0 aromatic rings. The number of aliphatic carboxylic acids is 1. The quantitative estimate of drug-likeness (QED) is 0.813. The lowest BCUT2D eigenvalue weighted by Crippen LogP contribution is -2.51. The molecular weight excluding hydrogens is 252 g/mol. The lowest BCUT2D eigenvalue weighted by atomic mass is 9.97. The van der Waals surface area contributed by atoms with E-state index in [1.807, 2.05) is 6.92 Å². The minimum absolute atomic E-state index is 0.459. The number of nitrogens with zero attached hydrogens (tertiary/aromatic N) is 1. The van der Waals surface area contributed by atoms with Crippen LogP contribution in [0, 0.1) is 5.92 Å². The molecule has 3 unspecified atom stereocenters. The summed E-state index contributed by atoms with van der Waals surface area (Å²) in [6.07, 6.45) is 7.76. The molecule has 0 amide bonds. The number of carboxylic acids is 1. The highest BCUT2D eigenvalue weighted by Gasteiger charge is 2.46. The summed E-state index contributed by atoms with van der Waals surface area (Å²) in [6.45, 7) is 7.33. The molecule has 2 N–H and O–H groups in total. The van der Waals surface area contributed by atoms with Gasteiger partial charge >= 0.3 is 5.97 Å². The molecule has 0 radical (unpaired) electrons. The molecule has 1 aliphatic heterocycles. The third-order valence-electron chi connectivity index (χ3n) is 5.39. The zero-order valence-electron chi connectivity index (χ0n) is 13.0. The smallest absolute Gasteiger partial charge is 0.323 e. The molecule has 1 aliphatic carbocycles. The number of nitrogens with one attached hydrogen (secondary N) is 1. The number of carboxylic acid groups (broad SMARTS) is 1. The van der Waals surface area contributed by atoms with Crippen LogP contribution in [0.3, 0.4) is 0 Å². The summed E-state index contributed by atoms with van der Waals surface area (Å²) in [5.41, 5.74) is -0.671. The third-order valence-corrected chi connectivity index (χ3v) is 5.39. The van der Waals surface area contributed by atoms with E-state index in [1.54, 1.807) is 0 Å². The molecule has 0 spiro atoms. The Hall–Kier alpha value is -0.610. The second kappa shape index (κ2) is 6.90. The van der Waals surface area contributed by atoms with Crippen LogP contribution in [-0.4, -0.2) is 47.2 Å². The van der Waals surface area contributed by atoms with Gasteiger partial charge in [-0.15, -0.1) is 0 Å². The molecule has 4 nitrogen and oxygen atoms in total. The van der Waals surface area contributed by atoms with Gasteiger partial charge in [0.15, 0.2) is 0 Å². The van der Waals surface area contributed by atoms with Crippen LogP contribution in [-0.2, 0) is 4.79 Å². The zero-order valence-corrected chi connectivity index (χ0v) is 13.0. The van der Waals surface area contributed by atoms with Gasteiger partial charge in [0, 0.05) is 6.04 Å². The fourth-order valence-electron chi connectivity index (χ4n) is 4.06. The summed E-state index contributed by atoms with van der Waals surface area (Å²) >= 11 is 0. The van der Waals surface area contributed by atoms with Crippen molar-refractivity contribution in [3.05, 3.63) is 0 Å². The van der Waals surface area contributed by atoms with E-state index < -0.39 is 11.5 Å². The molecular formula is C16H30N2O2. The van der Waals surface area contributed by atoms with Crippen molar-refractivity contribution < 1.29 is 9.90 Å². The van der Waals surface area contributed by atoms with E-state index in [0.717, 1.165) is 44.8 Å². The van der Waals surface area contributed by atoms with E-state index in [4.69, 9.17) is 0 Å². The van der Waals surface area contributed by atoms with Gasteiger partial charge in [-0.3, -0.25) is 4.79 Å². The fraction of sp³-hybridized carbons (Fsp3) is 0.938. The van der Waals surface area contributed by atoms with Crippen LogP contribution in [0.15, 0.2) is 0 Å². The summed E-state index contributed by atoms with van der Waals surface area (Å²) < 4.78 is 0. The first kappa shape index (κ1) is 15.8. The molecule has 0 aromatic heterocycles. The summed E-state index contributed by atoms with van der Waals surface area (Å²) in [5, 5.41) is 12.8. The minimum atomic E-state index is -0.671. The molecule has 1 saturated heterocycles. The highest BCUT2D eigenvalue weighted by Crippen LogP contribution is 2.35. The van der Waals surface area contributed by atoms with Crippen LogP contribution in [0.25, 0.3) is 0 Å². The van der Waals surface area contributed by atoms with E-state index >= 15 is 0 Å². The molecule has 3 atom stereocenters. The number of hydrogen-bond donors (Lipinski definition) is 2. The standard InChI is InChI=1S/C16H30N2O2/c1-3-13-6-5-10-18(11-8-13)14-7-9-16(12-14,15(19)20)17-4-2/h13-14,17H,3-12H2,1-2H3,(H,19,20). The van der Waals surface area contributed by atoms with Gasteiger partial charge in [0.05, 0.1) is 0 Å². The monoisotopic (exact) mass is 282 g/mol. The Morgan fingerprint density at radius 3 is 2.75 bits per heavy atom. The lowest BCUT2D eigenvalue weighted by Gasteiger charge is -2.30. The molecule has 2 rings (SSSR count). The second-order valence-corrected chi connectivity index (χ2v) is 6.56. The summed E-state index contributed by atoms with van der Waals surface area (Å²) in [7, 11) is 0. The second-order valence-electron chi connectivity index (χ2n) is 6.56. The van der Waals surface area contributed by atoms with Gasteiger partial charge in [-0.25, -0.2) is 0 Å². The molecule has 2 aliphatic rings. The maximum Gasteiger partial charge on any atom is 0.323 e. The average molecular weight is 282 g/mol. The Balaban J connectivity index is 1.96. The largest absolute Gasteiger partial charge is 0.480 e. The van der Waals surface area contributed by atoms with Crippen LogP contribution in [0.1, 0.15) is 58.8 Å². The van der Waals surface area contributed by atoms with Crippen molar-refractivity contribution in [1.29, 1.82) is 0 Å². The predicted octanol–water partition coefficient (Wildman–Crippen LogP) is 2.48. The van der Waals surface area contributed by atoms with Crippen molar-refractivity contribution in [1.82, 2.24) is 10.2 Å². The summed E-state index contributed by atoms with van der Waals surface area (Å²) in [6, 6.07) is 0.459. The Labute approximate surface area is 122 Å². The van der Waals surface area contributed by atoms with E-state index in [9.17, 15) is 9.90 Å². The van der Waals surface area contributed by atoms with Crippen LogP contribution in [0.4, 0.5) is 0 Å². The molecule has 2 fully saturated rings. The number of likely N-dealkylation sites (tertiary alicyclic amines) is 1. The van der Waals surface area contributed by atoms with Crippen LogP contribution < -0.4 is 5.32 Å². The van der Waals surface area contributed by atoms with Crippen molar-refractivity contribution >= 4 is 5.97 Å². The van der Waals surface area contributed by atoms with Gasteiger partial charge in [-0.2, -0.15) is 0 Å². The molecule has 1 saturated carbocycles. The van der Waals surface area contributed by atoms with Crippen molar-refractivity contribution in [3.63, 3.8) is 0 Å². The first-order chi connectivity index (χ1) is 9.61. The van der Waals surface area contributed by atoms with Gasteiger partial charge < -0.3 is 15.3 Å². The highest BCUT2D eigenvalue weighted by molar-refractivity contribution is 5.79. The van der Waals surface area contributed by atoms with E-state index in [2.05, 4.69) is 17.1 Å². The highest BCUT2D eigenvalue weighted by atomic mass is 16.4. The number of carbonyl (C=O) groups is 1. The molecule has 1 heterocycles. The zero-order chi connectivity index (χ0) is 14.6. The Morgan fingerprint density at radius 2 is 2.10 bits per heavy atom. The third kappa shape index (κ3) is 3.34. The minimum Gasteiger partial charge on any atom is -0.480 e. The molecule has 0 bridgehead atoms.